The summed E-state index contributed by atoms with van der Waals surface area (Å²) in [6.45, 7) is 4.02. The molecular weight excluding hydrogens is 333 g/mol. The van der Waals surface area contributed by atoms with E-state index in [4.69, 9.17) is 0 Å². The molecule has 2 rings (SSSR count). The van der Waals surface area contributed by atoms with Crippen molar-refractivity contribution in [3.63, 3.8) is 0 Å². The van der Waals surface area contributed by atoms with Crippen molar-refractivity contribution in [2.75, 3.05) is 0 Å². The zero-order valence-corrected chi connectivity index (χ0v) is 13.6. The lowest BCUT2D eigenvalue weighted by atomic mass is 10.0. The summed E-state index contributed by atoms with van der Waals surface area (Å²) in [6, 6.07) is 12.2. The number of carbonyl (C=O) groups is 1. The number of aryl methyl sites for hydroxylation is 1. The lowest BCUT2D eigenvalue weighted by Gasteiger charge is -2.16. The second kappa shape index (κ2) is 6.85. The van der Waals surface area contributed by atoms with Crippen LogP contribution in [0.4, 0.5) is 4.39 Å². The highest BCUT2D eigenvalue weighted by molar-refractivity contribution is 9.10. The number of hydrogen-bond donors (Lipinski definition) is 1. The van der Waals surface area contributed by atoms with Crippen LogP contribution in [0, 0.1) is 12.7 Å². The monoisotopic (exact) mass is 349 g/mol. The van der Waals surface area contributed by atoms with Gasteiger partial charge in [-0.2, -0.15) is 0 Å². The smallest absolute Gasteiger partial charge is 0.252 e. The third-order valence-corrected chi connectivity index (χ3v) is 4.00. The largest absolute Gasteiger partial charge is 0.349 e. The standard InChI is InChI=1S/C17H17BrFNO/c1-11-5-3-4-6-13(11)9-12(2)20-17(21)15-8-7-14(19)10-16(15)18/h3-8,10,12H,9H2,1-2H3,(H,20,21). The second-order valence-corrected chi connectivity index (χ2v) is 5.98. The summed E-state index contributed by atoms with van der Waals surface area (Å²) in [7, 11) is 0. The third kappa shape index (κ3) is 4.14. The Morgan fingerprint density at radius 2 is 2.00 bits per heavy atom. The number of halogens is 2. The lowest BCUT2D eigenvalue weighted by Crippen LogP contribution is -2.34. The Kier molecular flexibility index (Phi) is 5.12. The van der Waals surface area contributed by atoms with Crippen molar-refractivity contribution < 1.29 is 9.18 Å². The van der Waals surface area contributed by atoms with E-state index >= 15 is 0 Å². The van der Waals surface area contributed by atoms with Crippen LogP contribution in [-0.4, -0.2) is 11.9 Å². The molecule has 0 aliphatic carbocycles. The predicted molar refractivity (Wildman–Crippen MR) is 85.9 cm³/mol. The summed E-state index contributed by atoms with van der Waals surface area (Å²) >= 11 is 3.22. The molecule has 0 saturated carbocycles. The summed E-state index contributed by atoms with van der Waals surface area (Å²) in [5, 5.41) is 2.94. The van der Waals surface area contributed by atoms with Gasteiger partial charge in [0.05, 0.1) is 5.56 Å². The molecule has 1 amide bonds. The highest BCUT2D eigenvalue weighted by Gasteiger charge is 2.14. The Morgan fingerprint density at radius 1 is 1.29 bits per heavy atom. The zero-order valence-electron chi connectivity index (χ0n) is 12.0. The first-order valence-electron chi connectivity index (χ1n) is 6.78. The van der Waals surface area contributed by atoms with Gasteiger partial charge in [-0.05, 0) is 65.5 Å². The topological polar surface area (TPSA) is 29.1 Å². The van der Waals surface area contributed by atoms with Gasteiger partial charge >= 0.3 is 0 Å². The van der Waals surface area contributed by atoms with Crippen LogP contribution >= 0.6 is 15.9 Å². The van der Waals surface area contributed by atoms with Gasteiger partial charge in [0.15, 0.2) is 0 Å². The van der Waals surface area contributed by atoms with E-state index in [9.17, 15) is 9.18 Å². The van der Waals surface area contributed by atoms with Gasteiger partial charge in [0.25, 0.3) is 5.91 Å². The van der Waals surface area contributed by atoms with Gasteiger partial charge < -0.3 is 5.32 Å². The van der Waals surface area contributed by atoms with Crippen LogP contribution in [-0.2, 0) is 6.42 Å². The van der Waals surface area contributed by atoms with Crippen LogP contribution in [0.5, 0.6) is 0 Å². The van der Waals surface area contributed by atoms with E-state index in [1.165, 1.54) is 29.3 Å². The van der Waals surface area contributed by atoms with E-state index in [0.29, 0.717) is 10.0 Å². The van der Waals surface area contributed by atoms with Crippen LogP contribution in [0.15, 0.2) is 46.9 Å². The maximum Gasteiger partial charge on any atom is 0.252 e. The first-order chi connectivity index (χ1) is 9.97. The minimum Gasteiger partial charge on any atom is -0.349 e. The molecule has 2 nitrogen and oxygen atoms in total. The van der Waals surface area contributed by atoms with Gasteiger partial charge in [0.1, 0.15) is 5.82 Å². The minimum absolute atomic E-state index is 0.00412. The second-order valence-electron chi connectivity index (χ2n) is 5.13. The van der Waals surface area contributed by atoms with Crippen molar-refractivity contribution in [2.24, 2.45) is 0 Å². The number of benzene rings is 2. The quantitative estimate of drug-likeness (QED) is 0.877. The molecule has 0 aromatic heterocycles. The Bertz CT molecular complexity index is 657. The van der Waals surface area contributed by atoms with E-state index < -0.39 is 0 Å². The Balaban J connectivity index is 2.04. The third-order valence-electron chi connectivity index (χ3n) is 3.34. The van der Waals surface area contributed by atoms with Crippen molar-refractivity contribution in [3.8, 4) is 0 Å². The molecule has 0 spiro atoms. The molecule has 1 N–H and O–H groups in total. The molecule has 4 heteroatoms. The van der Waals surface area contributed by atoms with E-state index in [0.717, 1.165) is 6.42 Å². The summed E-state index contributed by atoms with van der Waals surface area (Å²) in [4.78, 5) is 12.2. The molecule has 1 atom stereocenters. The van der Waals surface area contributed by atoms with Crippen LogP contribution in [0.1, 0.15) is 28.4 Å². The molecule has 0 aliphatic rings. The van der Waals surface area contributed by atoms with Crippen LogP contribution in [0.25, 0.3) is 0 Å². The Morgan fingerprint density at radius 3 is 2.67 bits per heavy atom. The van der Waals surface area contributed by atoms with Crippen LogP contribution < -0.4 is 5.32 Å². The molecule has 0 bridgehead atoms. The molecule has 0 heterocycles. The van der Waals surface area contributed by atoms with E-state index in [2.05, 4.69) is 40.3 Å². The van der Waals surface area contributed by atoms with Crippen molar-refractivity contribution in [1.82, 2.24) is 5.32 Å². The number of rotatable bonds is 4. The number of nitrogens with one attached hydrogen (secondary N) is 1. The summed E-state index contributed by atoms with van der Waals surface area (Å²) in [6.07, 6.45) is 0.761. The predicted octanol–water partition coefficient (Wildman–Crippen LogP) is 4.26. The fraction of sp³-hybridized carbons (Fsp3) is 0.235. The molecule has 2 aromatic rings. The van der Waals surface area contributed by atoms with Crippen LogP contribution in [0.3, 0.4) is 0 Å². The molecule has 0 radical (unpaired) electrons. The fourth-order valence-electron chi connectivity index (χ4n) is 2.20. The average Bonchev–Trinajstić information content (AvgIpc) is 2.41. The lowest BCUT2D eigenvalue weighted by molar-refractivity contribution is 0.0939. The van der Waals surface area contributed by atoms with Gasteiger partial charge in [-0.1, -0.05) is 24.3 Å². The molecule has 2 aromatic carbocycles. The van der Waals surface area contributed by atoms with Crippen LogP contribution in [0.2, 0.25) is 0 Å². The molecular formula is C17H17BrFNO. The average molecular weight is 350 g/mol. The number of carbonyl (C=O) groups excluding carboxylic acids is 1. The zero-order chi connectivity index (χ0) is 15.4. The maximum absolute atomic E-state index is 13.0. The minimum atomic E-state index is -0.369. The number of amides is 1. The maximum atomic E-state index is 13.0. The van der Waals surface area contributed by atoms with E-state index in [1.807, 2.05) is 19.1 Å². The number of hydrogen-bond acceptors (Lipinski definition) is 1. The first kappa shape index (κ1) is 15.7. The molecule has 0 aliphatic heterocycles. The molecule has 0 saturated heterocycles. The Labute approximate surface area is 132 Å². The highest BCUT2D eigenvalue weighted by Crippen LogP contribution is 2.18. The van der Waals surface area contributed by atoms with Crippen molar-refractivity contribution >= 4 is 21.8 Å². The Hall–Kier alpha value is -1.68. The summed E-state index contributed by atoms with van der Waals surface area (Å²) < 4.78 is 13.5. The summed E-state index contributed by atoms with van der Waals surface area (Å²) in [5.74, 6) is -0.575. The van der Waals surface area contributed by atoms with Gasteiger partial charge in [-0.25, -0.2) is 4.39 Å². The molecule has 1 unspecified atom stereocenters. The van der Waals surface area contributed by atoms with Gasteiger partial charge in [0, 0.05) is 10.5 Å². The van der Waals surface area contributed by atoms with E-state index in [1.54, 1.807) is 0 Å². The summed E-state index contributed by atoms with van der Waals surface area (Å²) in [5.41, 5.74) is 2.86. The molecule has 0 fully saturated rings. The molecule has 110 valence electrons. The SMILES string of the molecule is Cc1ccccc1CC(C)NC(=O)c1ccc(F)cc1Br. The van der Waals surface area contributed by atoms with Crippen molar-refractivity contribution in [3.05, 3.63) is 69.4 Å². The van der Waals surface area contributed by atoms with E-state index in [-0.39, 0.29) is 17.8 Å². The van der Waals surface area contributed by atoms with Gasteiger partial charge in [-0.3, -0.25) is 4.79 Å². The van der Waals surface area contributed by atoms with Gasteiger partial charge in [-0.15, -0.1) is 0 Å². The highest BCUT2D eigenvalue weighted by atomic mass is 79.9. The van der Waals surface area contributed by atoms with Crippen molar-refractivity contribution in [1.29, 1.82) is 0 Å². The van der Waals surface area contributed by atoms with Gasteiger partial charge in [0.2, 0.25) is 0 Å². The van der Waals surface area contributed by atoms with Crippen molar-refractivity contribution in [2.45, 2.75) is 26.3 Å². The normalized spacial score (nSPS) is 12.0. The first-order valence-corrected chi connectivity index (χ1v) is 7.57. The molecule has 21 heavy (non-hydrogen) atoms. The fourth-order valence-corrected chi connectivity index (χ4v) is 2.73.